The Morgan fingerprint density at radius 3 is 2.43 bits per heavy atom. The van der Waals surface area contributed by atoms with E-state index in [1.807, 2.05) is 97.9 Å². The van der Waals surface area contributed by atoms with Gasteiger partial charge in [0.25, 0.3) is 5.91 Å². The van der Waals surface area contributed by atoms with Gasteiger partial charge >= 0.3 is 0 Å². The van der Waals surface area contributed by atoms with Gasteiger partial charge in [0.1, 0.15) is 23.5 Å². The molecule has 1 heterocycles. The van der Waals surface area contributed by atoms with Crippen LogP contribution in [0.1, 0.15) is 22.8 Å². The van der Waals surface area contributed by atoms with E-state index in [0.29, 0.717) is 5.69 Å². The second-order valence-corrected chi connectivity index (χ2v) is 7.08. The second-order valence-electron chi connectivity index (χ2n) is 7.08. The number of amides is 1. The van der Waals surface area contributed by atoms with Crippen LogP contribution in [0.2, 0.25) is 0 Å². The van der Waals surface area contributed by atoms with Crippen LogP contribution in [-0.4, -0.2) is 5.91 Å². The van der Waals surface area contributed by atoms with Crippen molar-refractivity contribution in [3.63, 3.8) is 0 Å². The lowest BCUT2D eigenvalue weighted by Gasteiger charge is -2.26. The van der Waals surface area contributed by atoms with Crippen LogP contribution in [0.4, 0.5) is 5.69 Å². The molecule has 0 spiro atoms. The van der Waals surface area contributed by atoms with Gasteiger partial charge in [0.2, 0.25) is 0 Å². The van der Waals surface area contributed by atoms with Crippen LogP contribution in [-0.2, 0) is 4.79 Å². The first kappa shape index (κ1) is 19.2. The topological polar surface area (TPSA) is 62.1 Å². The maximum atomic E-state index is 12.7. The maximum absolute atomic E-state index is 12.7. The molecule has 4 nitrogen and oxygen atoms in total. The van der Waals surface area contributed by atoms with Crippen LogP contribution in [0, 0.1) is 18.3 Å². The Bertz CT molecular complexity index is 1170. The Labute approximate surface area is 175 Å². The van der Waals surface area contributed by atoms with E-state index in [1.54, 1.807) is 6.08 Å². The van der Waals surface area contributed by atoms with Gasteiger partial charge < -0.3 is 10.1 Å². The van der Waals surface area contributed by atoms with E-state index in [9.17, 15) is 10.1 Å². The molecule has 1 amide bonds. The van der Waals surface area contributed by atoms with Gasteiger partial charge in [-0.3, -0.25) is 4.79 Å². The minimum Gasteiger partial charge on any atom is -0.480 e. The molecule has 3 aromatic rings. The molecule has 0 fully saturated rings. The molecule has 0 bridgehead atoms. The van der Waals surface area contributed by atoms with E-state index in [2.05, 4.69) is 5.32 Å². The van der Waals surface area contributed by atoms with Gasteiger partial charge in [-0.15, -0.1) is 0 Å². The highest BCUT2D eigenvalue weighted by Gasteiger charge is 2.24. The number of carbonyl (C=O) groups excluding carboxylic acids is 1. The van der Waals surface area contributed by atoms with Gasteiger partial charge in [0, 0.05) is 11.3 Å². The number of ether oxygens (including phenoxy) is 1. The zero-order valence-corrected chi connectivity index (χ0v) is 16.5. The van der Waals surface area contributed by atoms with Crippen molar-refractivity contribution in [2.75, 3.05) is 5.32 Å². The number of para-hydroxylation sites is 1. The monoisotopic (exact) mass is 392 g/mol. The molecule has 0 aromatic heterocycles. The van der Waals surface area contributed by atoms with Crippen molar-refractivity contribution in [2.24, 2.45) is 0 Å². The van der Waals surface area contributed by atoms with Crippen molar-refractivity contribution < 1.29 is 9.53 Å². The van der Waals surface area contributed by atoms with Crippen LogP contribution in [0.15, 0.2) is 96.1 Å². The minimum atomic E-state index is -0.451. The largest absolute Gasteiger partial charge is 0.480 e. The molecule has 1 aliphatic heterocycles. The zero-order chi connectivity index (χ0) is 20.9. The molecule has 4 heteroatoms. The highest BCUT2D eigenvalue weighted by Crippen LogP contribution is 2.38. The van der Waals surface area contributed by atoms with Gasteiger partial charge in [-0.05, 0) is 48.4 Å². The van der Waals surface area contributed by atoms with Crippen LogP contribution in [0.5, 0.6) is 5.75 Å². The number of anilines is 1. The van der Waals surface area contributed by atoms with E-state index in [1.165, 1.54) is 0 Å². The predicted molar refractivity (Wildman–Crippen MR) is 118 cm³/mol. The number of rotatable bonds is 4. The molecule has 3 aromatic carbocycles. The summed E-state index contributed by atoms with van der Waals surface area (Å²) < 4.78 is 6.23. The van der Waals surface area contributed by atoms with Crippen molar-refractivity contribution >= 4 is 17.7 Å². The fraction of sp³-hybridized carbons (Fsp3) is 0.0769. The van der Waals surface area contributed by atoms with Gasteiger partial charge in [-0.1, -0.05) is 66.2 Å². The molecule has 0 saturated heterocycles. The fourth-order valence-electron chi connectivity index (χ4n) is 3.31. The summed E-state index contributed by atoms with van der Waals surface area (Å²) in [7, 11) is 0. The van der Waals surface area contributed by atoms with Crippen molar-refractivity contribution in [1.82, 2.24) is 0 Å². The third kappa shape index (κ3) is 4.16. The van der Waals surface area contributed by atoms with Crippen molar-refractivity contribution in [1.29, 1.82) is 5.26 Å². The van der Waals surface area contributed by atoms with Gasteiger partial charge in [-0.25, -0.2) is 0 Å². The lowest BCUT2D eigenvalue weighted by molar-refractivity contribution is -0.112. The molecule has 4 rings (SSSR count). The third-order valence-corrected chi connectivity index (χ3v) is 4.88. The first-order valence-electron chi connectivity index (χ1n) is 9.66. The minimum absolute atomic E-state index is 0.0192. The molecule has 0 saturated carbocycles. The summed E-state index contributed by atoms with van der Waals surface area (Å²) in [6.07, 6.45) is 3.17. The lowest BCUT2D eigenvalue weighted by Crippen LogP contribution is -2.17. The predicted octanol–water partition coefficient (Wildman–Crippen LogP) is 5.60. The number of hydrogen-bond donors (Lipinski definition) is 1. The van der Waals surface area contributed by atoms with Crippen molar-refractivity contribution in [2.45, 2.75) is 13.0 Å². The Hall–Kier alpha value is -4.10. The Morgan fingerprint density at radius 2 is 1.70 bits per heavy atom. The third-order valence-electron chi connectivity index (χ3n) is 4.88. The highest BCUT2D eigenvalue weighted by molar-refractivity contribution is 6.07. The average Bonchev–Trinajstić information content (AvgIpc) is 2.79. The standard InChI is InChI=1S/C26H20N2O2/c1-18-11-13-23(14-12-18)28-26(29)22(17-27)16-21-15-20-9-5-6-10-24(20)30-25(21)19-7-3-2-4-8-19/h2-16,25H,1H3,(H,28,29)/b22-16+/t25-/m0/s1. The van der Waals surface area contributed by atoms with Crippen LogP contribution >= 0.6 is 0 Å². The number of aryl methyl sites for hydroxylation is 1. The summed E-state index contributed by atoms with van der Waals surface area (Å²) in [5.41, 5.74) is 4.36. The highest BCUT2D eigenvalue weighted by atomic mass is 16.5. The molecule has 0 unspecified atom stereocenters. The first-order chi connectivity index (χ1) is 14.6. The van der Waals surface area contributed by atoms with E-state index >= 15 is 0 Å². The van der Waals surface area contributed by atoms with Crippen molar-refractivity contribution in [3.8, 4) is 11.8 Å². The van der Waals surface area contributed by atoms with Gasteiger partial charge in [0.05, 0.1) is 0 Å². The fourth-order valence-corrected chi connectivity index (χ4v) is 3.31. The number of hydrogen-bond acceptors (Lipinski definition) is 3. The molecule has 0 aliphatic carbocycles. The summed E-state index contributed by atoms with van der Waals surface area (Å²) in [6, 6.07) is 26.9. The summed E-state index contributed by atoms with van der Waals surface area (Å²) >= 11 is 0. The smallest absolute Gasteiger partial charge is 0.266 e. The van der Waals surface area contributed by atoms with Gasteiger partial charge in [-0.2, -0.15) is 5.26 Å². The zero-order valence-electron chi connectivity index (χ0n) is 16.5. The van der Waals surface area contributed by atoms with Crippen LogP contribution in [0.3, 0.4) is 0 Å². The molecule has 30 heavy (non-hydrogen) atoms. The maximum Gasteiger partial charge on any atom is 0.266 e. The SMILES string of the molecule is Cc1ccc(NC(=O)/C(C#N)=C/C2=Cc3ccccc3O[C@H]2c2ccccc2)cc1. The number of benzene rings is 3. The van der Waals surface area contributed by atoms with E-state index in [0.717, 1.165) is 28.0 Å². The van der Waals surface area contributed by atoms with E-state index in [-0.39, 0.29) is 5.57 Å². The van der Waals surface area contributed by atoms with Crippen LogP contribution < -0.4 is 10.1 Å². The molecule has 1 atom stereocenters. The normalized spacial score (nSPS) is 15.3. The van der Waals surface area contributed by atoms with Gasteiger partial charge in [0.15, 0.2) is 0 Å². The molecular weight excluding hydrogens is 372 g/mol. The second kappa shape index (κ2) is 8.50. The lowest BCUT2D eigenvalue weighted by atomic mass is 9.94. The van der Waals surface area contributed by atoms with Crippen LogP contribution in [0.25, 0.3) is 6.08 Å². The quantitative estimate of drug-likeness (QED) is 0.464. The average molecular weight is 392 g/mol. The number of carbonyl (C=O) groups is 1. The Morgan fingerprint density at radius 1 is 1.00 bits per heavy atom. The number of nitriles is 1. The number of nitrogens with one attached hydrogen (secondary N) is 1. The molecule has 0 radical (unpaired) electrons. The number of nitrogens with zero attached hydrogens (tertiary/aromatic N) is 1. The summed E-state index contributed by atoms with van der Waals surface area (Å²) in [6.45, 7) is 1.98. The summed E-state index contributed by atoms with van der Waals surface area (Å²) in [5.74, 6) is 0.319. The Balaban J connectivity index is 1.69. The van der Waals surface area contributed by atoms with E-state index < -0.39 is 12.0 Å². The molecule has 1 aliphatic rings. The number of fused-ring (bicyclic) bond motifs is 1. The van der Waals surface area contributed by atoms with Crippen molar-refractivity contribution in [3.05, 3.63) is 113 Å². The Kier molecular flexibility index (Phi) is 5.45. The molecule has 1 N–H and O–H groups in total. The van der Waals surface area contributed by atoms with E-state index in [4.69, 9.17) is 4.74 Å². The first-order valence-corrected chi connectivity index (χ1v) is 9.66. The summed E-state index contributed by atoms with van der Waals surface area (Å²) in [4.78, 5) is 12.7. The molecule has 146 valence electrons. The summed E-state index contributed by atoms with van der Waals surface area (Å²) in [5, 5.41) is 12.4. The molecular formula is C26H20N2O2.